The van der Waals surface area contributed by atoms with E-state index in [1.807, 2.05) is 0 Å². The molecule has 0 spiro atoms. The van der Waals surface area contributed by atoms with Crippen LogP contribution < -0.4 is 10.5 Å². The summed E-state index contributed by atoms with van der Waals surface area (Å²) in [6.07, 6.45) is 2.05. The lowest BCUT2D eigenvalue weighted by atomic mass is 10.1. The van der Waals surface area contributed by atoms with Crippen LogP contribution in [0.5, 0.6) is 0 Å². The highest BCUT2D eigenvalue weighted by molar-refractivity contribution is 7.88. The first kappa shape index (κ1) is 18.0. The lowest BCUT2D eigenvalue weighted by Crippen LogP contribution is -2.28. The van der Waals surface area contributed by atoms with Crippen molar-refractivity contribution in [2.75, 3.05) is 19.8 Å². The van der Waals surface area contributed by atoms with E-state index in [0.29, 0.717) is 24.3 Å². The molecule has 0 aromatic heterocycles. The molecule has 0 aliphatic rings. The quantitative estimate of drug-likeness (QED) is 0.502. The first-order chi connectivity index (χ1) is 9.94. The Morgan fingerprint density at radius 3 is 2.81 bits per heavy atom. The summed E-state index contributed by atoms with van der Waals surface area (Å²) in [5.74, 6) is -0.0988. The second-order valence-electron chi connectivity index (χ2n) is 4.68. The fourth-order valence-corrected chi connectivity index (χ4v) is 2.94. The van der Waals surface area contributed by atoms with E-state index in [4.69, 9.17) is 22.7 Å². The van der Waals surface area contributed by atoms with E-state index < -0.39 is 10.0 Å². The normalized spacial score (nSPS) is 11.5. The summed E-state index contributed by atoms with van der Waals surface area (Å²) in [7, 11) is -3.38. The van der Waals surface area contributed by atoms with Gasteiger partial charge in [0, 0.05) is 18.7 Å². The minimum atomic E-state index is -3.38. The maximum Gasteiger partial charge on any atom is 0.215 e. The van der Waals surface area contributed by atoms with E-state index in [9.17, 15) is 8.42 Å². The van der Waals surface area contributed by atoms with Crippen LogP contribution in [0.3, 0.4) is 0 Å². The Kier molecular flexibility index (Phi) is 7.81. The van der Waals surface area contributed by atoms with Crippen molar-refractivity contribution in [3.63, 3.8) is 0 Å². The summed E-state index contributed by atoms with van der Waals surface area (Å²) >= 11 is 4.88. The van der Waals surface area contributed by atoms with Gasteiger partial charge in [0.2, 0.25) is 10.0 Å². The molecular weight excluding hydrogens is 308 g/mol. The van der Waals surface area contributed by atoms with Gasteiger partial charge in [0.25, 0.3) is 0 Å². The van der Waals surface area contributed by atoms with E-state index >= 15 is 0 Å². The second kappa shape index (κ2) is 9.09. The molecule has 5 nitrogen and oxygen atoms in total. The zero-order valence-electron chi connectivity index (χ0n) is 12.2. The minimum absolute atomic E-state index is 0.0988. The monoisotopic (exact) mass is 330 g/mol. The van der Waals surface area contributed by atoms with E-state index in [0.717, 1.165) is 12.8 Å². The largest absolute Gasteiger partial charge is 0.389 e. The number of unbranched alkanes of at least 4 members (excludes halogenated alkanes) is 1. The summed E-state index contributed by atoms with van der Waals surface area (Å²) in [6.45, 7) is 3.40. The van der Waals surface area contributed by atoms with Gasteiger partial charge in [0.1, 0.15) is 4.99 Å². The number of sulfonamides is 1. The van der Waals surface area contributed by atoms with Crippen LogP contribution in [0.4, 0.5) is 0 Å². The van der Waals surface area contributed by atoms with Gasteiger partial charge in [-0.15, -0.1) is 0 Å². The predicted molar refractivity (Wildman–Crippen MR) is 88.7 cm³/mol. The smallest absolute Gasteiger partial charge is 0.215 e. The summed E-state index contributed by atoms with van der Waals surface area (Å²) in [4.78, 5) is 0.256. The van der Waals surface area contributed by atoms with Crippen LogP contribution in [-0.4, -0.2) is 33.2 Å². The highest BCUT2D eigenvalue weighted by Gasteiger charge is 2.11. The van der Waals surface area contributed by atoms with Crippen molar-refractivity contribution in [2.24, 2.45) is 5.73 Å². The topological polar surface area (TPSA) is 81.4 Å². The Morgan fingerprint density at radius 2 is 2.14 bits per heavy atom. The van der Waals surface area contributed by atoms with Crippen molar-refractivity contribution in [3.8, 4) is 0 Å². The van der Waals surface area contributed by atoms with E-state index in [-0.39, 0.29) is 17.3 Å². The summed E-state index contributed by atoms with van der Waals surface area (Å²) < 4.78 is 31.7. The molecule has 0 heterocycles. The molecule has 0 atom stereocenters. The van der Waals surface area contributed by atoms with Crippen molar-refractivity contribution >= 4 is 27.2 Å². The average molecular weight is 330 g/mol. The van der Waals surface area contributed by atoms with Gasteiger partial charge < -0.3 is 10.5 Å². The molecule has 1 aromatic rings. The van der Waals surface area contributed by atoms with Gasteiger partial charge in [-0.3, -0.25) is 0 Å². The standard InChI is InChI=1S/C14H22N2O3S2/c1-2-3-8-19-9-7-16-21(17,18)11-12-5-4-6-13(10-12)14(15)20/h4-6,10,16H,2-3,7-9,11H2,1H3,(H2,15,20). The van der Waals surface area contributed by atoms with Gasteiger partial charge in [-0.2, -0.15) is 0 Å². The number of thiocarbonyl (C=S) groups is 1. The minimum Gasteiger partial charge on any atom is -0.389 e. The third-order valence-electron chi connectivity index (χ3n) is 2.78. The maximum atomic E-state index is 11.9. The lowest BCUT2D eigenvalue weighted by molar-refractivity contribution is 0.136. The van der Waals surface area contributed by atoms with Crippen LogP contribution in [0, 0.1) is 0 Å². The van der Waals surface area contributed by atoms with Gasteiger partial charge >= 0.3 is 0 Å². The third-order valence-corrected chi connectivity index (χ3v) is 4.37. The zero-order chi connectivity index (χ0) is 15.7. The molecule has 0 radical (unpaired) electrons. The number of ether oxygens (including phenoxy) is 1. The van der Waals surface area contributed by atoms with Crippen LogP contribution in [-0.2, 0) is 20.5 Å². The molecule has 1 rings (SSSR count). The molecule has 7 heteroatoms. The third kappa shape index (κ3) is 7.52. The number of benzene rings is 1. The molecule has 118 valence electrons. The second-order valence-corrected chi connectivity index (χ2v) is 6.93. The van der Waals surface area contributed by atoms with Crippen molar-refractivity contribution in [1.82, 2.24) is 4.72 Å². The summed E-state index contributed by atoms with van der Waals surface area (Å²) in [6, 6.07) is 6.93. The van der Waals surface area contributed by atoms with E-state index in [1.165, 1.54) is 0 Å². The van der Waals surface area contributed by atoms with Gasteiger partial charge in [0.15, 0.2) is 0 Å². The van der Waals surface area contributed by atoms with Crippen LogP contribution >= 0.6 is 12.2 Å². The Morgan fingerprint density at radius 1 is 1.38 bits per heavy atom. The van der Waals surface area contributed by atoms with E-state index in [1.54, 1.807) is 24.3 Å². The van der Waals surface area contributed by atoms with Gasteiger partial charge in [-0.1, -0.05) is 43.8 Å². The Hall–Kier alpha value is -1.02. The number of nitrogens with one attached hydrogen (secondary N) is 1. The number of rotatable bonds is 10. The lowest BCUT2D eigenvalue weighted by Gasteiger charge is -2.08. The first-order valence-corrected chi connectivity index (χ1v) is 8.94. The van der Waals surface area contributed by atoms with Crippen molar-refractivity contribution in [3.05, 3.63) is 35.4 Å². The number of nitrogens with two attached hydrogens (primary N) is 1. The molecule has 0 unspecified atom stereocenters. The highest BCUT2D eigenvalue weighted by Crippen LogP contribution is 2.08. The van der Waals surface area contributed by atoms with Crippen LogP contribution in [0.1, 0.15) is 30.9 Å². The zero-order valence-corrected chi connectivity index (χ0v) is 13.8. The van der Waals surface area contributed by atoms with Crippen LogP contribution in [0.2, 0.25) is 0 Å². The molecule has 3 N–H and O–H groups in total. The average Bonchev–Trinajstić information content (AvgIpc) is 2.42. The molecule has 1 aromatic carbocycles. The molecule has 0 saturated heterocycles. The summed E-state index contributed by atoms with van der Waals surface area (Å²) in [5, 5.41) is 0. The van der Waals surface area contributed by atoms with Crippen molar-refractivity contribution in [1.29, 1.82) is 0 Å². The molecule has 21 heavy (non-hydrogen) atoms. The van der Waals surface area contributed by atoms with Crippen molar-refractivity contribution in [2.45, 2.75) is 25.5 Å². The molecule has 0 saturated carbocycles. The Bertz CT molecular complexity index is 559. The molecule has 0 fully saturated rings. The van der Waals surface area contributed by atoms with E-state index in [2.05, 4.69) is 11.6 Å². The molecule has 0 amide bonds. The van der Waals surface area contributed by atoms with Crippen LogP contribution in [0.25, 0.3) is 0 Å². The molecule has 0 aliphatic carbocycles. The van der Waals surface area contributed by atoms with Gasteiger partial charge in [0.05, 0.1) is 12.4 Å². The fraction of sp³-hybridized carbons (Fsp3) is 0.500. The van der Waals surface area contributed by atoms with Crippen molar-refractivity contribution < 1.29 is 13.2 Å². The molecule has 0 aliphatic heterocycles. The summed E-state index contributed by atoms with van der Waals surface area (Å²) in [5.41, 5.74) is 6.85. The highest BCUT2D eigenvalue weighted by atomic mass is 32.2. The van der Waals surface area contributed by atoms with Crippen LogP contribution in [0.15, 0.2) is 24.3 Å². The first-order valence-electron chi connectivity index (χ1n) is 6.88. The molecule has 0 bridgehead atoms. The Labute approximate surface area is 131 Å². The van der Waals surface area contributed by atoms with Gasteiger partial charge in [-0.25, -0.2) is 13.1 Å². The number of hydrogen-bond acceptors (Lipinski definition) is 4. The molecular formula is C14H22N2O3S2. The SMILES string of the molecule is CCCCOCCNS(=O)(=O)Cc1cccc(C(N)=S)c1. The predicted octanol–water partition coefficient (Wildman–Crippen LogP) is 1.56. The fourth-order valence-electron chi connectivity index (χ4n) is 1.70. The Balaban J connectivity index is 2.45. The van der Waals surface area contributed by atoms with Gasteiger partial charge in [-0.05, 0) is 18.1 Å². The number of hydrogen-bond donors (Lipinski definition) is 2. The maximum absolute atomic E-state index is 11.9.